The number of aromatic nitrogens is 3. The summed E-state index contributed by atoms with van der Waals surface area (Å²) in [4.78, 5) is 13.0. The molecule has 2 heterocycles. The van der Waals surface area contributed by atoms with Crippen molar-refractivity contribution < 1.29 is 9.84 Å². The van der Waals surface area contributed by atoms with Gasteiger partial charge in [-0.3, -0.25) is 0 Å². The first-order chi connectivity index (χ1) is 16.4. The van der Waals surface area contributed by atoms with Crippen LogP contribution in [0, 0.1) is 0 Å². The predicted octanol–water partition coefficient (Wildman–Crippen LogP) is 5.12. The van der Waals surface area contributed by atoms with E-state index in [1.165, 1.54) is 17.7 Å². The predicted molar refractivity (Wildman–Crippen MR) is 141 cm³/mol. The number of thiocarbonyl (C=S) groups is 1. The first kappa shape index (κ1) is 24.1. The second-order valence-electron chi connectivity index (χ2n) is 7.57. The molecule has 2 atom stereocenters. The van der Waals surface area contributed by atoms with E-state index < -0.39 is 6.10 Å². The van der Waals surface area contributed by atoms with Gasteiger partial charge in [0.15, 0.2) is 5.11 Å². The highest BCUT2D eigenvalue weighted by Crippen LogP contribution is 2.31. The molecule has 0 saturated heterocycles. The molecule has 176 valence electrons. The number of benzene rings is 2. The molecule has 0 saturated carbocycles. The molecule has 8 nitrogen and oxygen atoms in total. The number of fused-ring (bicyclic) bond motifs is 1. The normalized spacial score (nSPS) is 12.7. The van der Waals surface area contributed by atoms with Gasteiger partial charge in [0.2, 0.25) is 0 Å². The molecule has 0 aliphatic rings. The first-order valence-electron chi connectivity index (χ1n) is 10.5. The van der Waals surface area contributed by atoms with Crippen molar-refractivity contribution in [2.75, 3.05) is 10.6 Å². The Bertz CT molecular complexity index is 1290. The molecule has 2 aromatic carbocycles. The van der Waals surface area contributed by atoms with E-state index >= 15 is 0 Å². The van der Waals surface area contributed by atoms with E-state index in [1.807, 2.05) is 42.6 Å². The zero-order valence-electron chi connectivity index (χ0n) is 18.4. The van der Waals surface area contributed by atoms with Crippen LogP contribution >= 0.6 is 35.2 Å². The van der Waals surface area contributed by atoms with Crippen molar-refractivity contribution in [1.29, 1.82) is 0 Å². The van der Waals surface area contributed by atoms with Crippen LogP contribution in [0.2, 0.25) is 5.02 Å². The van der Waals surface area contributed by atoms with Crippen LogP contribution in [0.1, 0.15) is 18.9 Å². The molecular formula is C23H23ClN6O2S2. The Morgan fingerprint density at radius 3 is 2.71 bits per heavy atom. The van der Waals surface area contributed by atoms with E-state index in [1.54, 1.807) is 19.2 Å². The molecule has 0 aliphatic heterocycles. The first-order valence-corrected chi connectivity index (χ1v) is 12.1. The molecule has 2 unspecified atom stereocenters. The molecule has 4 N–H and O–H groups in total. The van der Waals surface area contributed by atoms with Gasteiger partial charge in [0, 0.05) is 28.3 Å². The van der Waals surface area contributed by atoms with Gasteiger partial charge in [-0.25, -0.2) is 15.0 Å². The summed E-state index contributed by atoms with van der Waals surface area (Å²) < 4.78 is 5.77. The Morgan fingerprint density at radius 1 is 1.15 bits per heavy atom. The number of thiazole rings is 1. The molecule has 11 heteroatoms. The topological polar surface area (TPSA) is 104 Å². The summed E-state index contributed by atoms with van der Waals surface area (Å²) in [6.45, 7) is 3.93. The molecule has 0 fully saturated rings. The van der Waals surface area contributed by atoms with Crippen LogP contribution in [-0.2, 0) is 6.61 Å². The van der Waals surface area contributed by atoms with Crippen LogP contribution in [0.3, 0.4) is 0 Å². The quantitative estimate of drug-likeness (QED) is 0.238. The molecule has 0 aliphatic carbocycles. The van der Waals surface area contributed by atoms with Crippen molar-refractivity contribution in [1.82, 2.24) is 20.3 Å². The molecule has 0 amide bonds. The number of halogens is 1. The Hall–Kier alpha value is -3.05. The number of anilines is 3. The van der Waals surface area contributed by atoms with Crippen molar-refractivity contribution in [3.63, 3.8) is 0 Å². The van der Waals surface area contributed by atoms with Gasteiger partial charge in [0.1, 0.15) is 29.5 Å². The van der Waals surface area contributed by atoms with Crippen LogP contribution in [0.25, 0.3) is 10.9 Å². The minimum absolute atomic E-state index is 0.181. The summed E-state index contributed by atoms with van der Waals surface area (Å²) in [6, 6.07) is 11.0. The van der Waals surface area contributed by atoms with Gasteiger partial charge in [-0.2, -0.15) is 0 Å². The number of rotatable bonds is 8. The number of aliphatic hydroxyl groups is 1. The van der Waals surface area contributed by atoms with Crippen LogP contribution in [0.4, 0.5) is 17.2 Å². The molecule has 2 aromatic heterocycles. The van der Waals surface area contributed by atoms with Crippen molar-refractivity contribution in [2.45, 2.75) is 32.6 Å². The lowest BCUT2D eigenvalue weighted by molar-refractivity contribution is 0.162. The Labute approximate surface area is 211 Å². The maximum Gasteiger partial charge on any atom is 0.171 e. The highest BCUT2D eigenvalue weighted by Gasteiger charge is 2.12. The molecular weight excluding hydrogens is 492 g/mol. The van der Waals surface area contributed by atoms with Crippen LogP contribution in [0.5, 0.6) is 5.75 Å². The second-order valence-corrected chi connectivity index (χ2v) is 9.36. The van der Waals surface area contributed by atoms with Crippen molar-refractivity contribution in [2.24, 2.45) is 0 Å². The highest BCUT2D eigenvalue weighted by molar-refractivity contribution is 7.80. The number of hydrogen-bond acceptors (Lipinski definition) is 8. The van der Waals surface area contributed by atoms with E-state index in [9.17, 15) is 5.11 Å². The van der Waals surface area contributed by atoms with Crippen LogP contribution < -0.4 is 20.7 Å². The number of nitrogens with zero attached hydrogens (tertiary/aromatic N) is 3. The van der Waals surface area contributed by atoms with Crippen LogP contribution in [0.15, 0.2) is 54.3 Å². The lowest BCUT2D eigenvalue weighted by Crippen LogP contribution is -2.41. The Kier molecular flexibility index (Phi) is 7.73. The van der Waals surface area contributed by atoms with Crippen molar-refractivity contribution in [3.8, 4) is 5.75 Å². The van der Waals surface area contributed by atoms with E-state index in [0.29, 0.717) is 28.3 Å². The standard InChI is InChI=1S/C23H23ClN6O2S2/c1-13(14(2)31)28-23(33)30-15-3-5-19-17(9-15)22(27-12-26-19)29-16-4-6-20(18(24)10-16)32-11-21-25-7-8-34-21/h3-10,12-14,31H,11H2,1-2H3,(H,26,27,29)(H2,28,30,33). The highest BCUT2D eigenvalue weighted by atomic mass is 35.5. The molecule has 0 bridgehead atoms. The van der Waals surface area contributed by atoms with Gasteiger partial charge in [0.25, 0.3) is 0 Å². The third-order valence-electron chi connectivity index (χ3n) is 5.00. The third kappa shape index (κ3) is 6.09. The summed E-state index contributed by atoms with van der Waals surface area (Å²) in [5.74, 6) is 1.20. The molecule has 34 heavy (non-hydrogen) atoms. The number of hydrogen-bond donors (Lipinski definition) is 4. The smallest absolute Gasteiger partial charge is 0.171 e. The van der Waals surface area contributed by atoms with E-state index in [2.05, 4.69) is 30.9 Å². The molecule has 0 radical (unpaired) electrons. The van der Waals surface area contributed by atoms with E-state index in [0.717, 1.165) is 27.3 Å². The Morgan fingerprint density at radius 2 is 1.97 bits per heavy atom. The fraction of sp³-hybridized carbons (Fsp3) is 0.217. The Balaban J connectivity index is 1.49. The van der Waals surface area contributed by atoms with E-state index in [-0.39, 0.29) is 6.04 Å². The zero-order chi connectivity index (χ0) is 24.1. The second kappa shape index (κ2) is 10.9. The average molecular weight is 515 g/mol. The van der Waals surface area contributed by atoms with Gasteiger partial charge in [-0.05, 0) is 62.5 Å². The monoisotopic (exact) mass is 514 g/mol. The lowest BCUT2D eigenvalue weighted by atomic mass is 10.2. The minimum atomic E-state index is -0.531. The van der Waals surface area contributed by atoms with Crippen molar-refractivity contribution >= 4 is 68.4 Å². The molecule has 4 rings (SSSR count). The van der Waals surface area contributed by atoms with Gasteiger partial charge in [-0.15, -0.1) is 11.3 Å². The van der Waals surface area contributed by atoms with Crippen LogP contribution in [-0.4, -0.2) is 37.3 Å². The third-order valence-corrected chi connectivity index (χ3v) is 6.27. The van der Waals surface area contributed by atoms with Crippen molar-refractivity contribution in [3.05, 3.63) is 64.3 Å². The number of nitrogens with one attached hydrogen (secondary N) is 3. The van der Waals surface area contributed by atoms with Gasteiger partial charge < -0.3 is 25.8 Å². The average Bonchev–Trinajstić information content (AvgIpc) is 3.32. The zero-order valence-corrected chi connectivity index (χ0v) is 20.8. The fourth-order valence-corrected chi connectivity index (χ4v) is 4.09. The van der Waals surface area contributed by atoms with E-state index in [4.69, 9.17) is 28.6 Å². The number of aliphatic hydroxyl groups excluding tert-OH is 1. The maximum absolute atomic E-state index is 9.67. The SMILES string of the molecule is CC(O)C(C)NC(=S)Nc1ccc2ncnc(Nc3ccc(OCc4nccs4)c(Cl)c3)c2c1. The largest absolute Gasteiger partial charge is 0.485 e. The summed E-state index contributed by atoms with van der Waals surface area (Å²) >= 11 is 13.3. The van der Waals surface area contributed by atoms with Gasteiger partial charge >= 0.3 is 0 Å². The minimum Gasteiger partial charge on any atom is -0.485 e. The summed E-state index contributed by atoms with van der Waals surface area (Å²) in [5, 5.41) is 23.6. The summed E-state index contributed by atoms with van der Waals surface area (Å²) in [7, 11) is 0. The summed E-state index contributed by atoms with van der Waals surface area (Å²) in [6.07, 6.45) is 2.71. The summed E-state index contributed by atoms with van der Waals surface area (Å²) in [5.41, 5.74) is 2.30. The molecule has 0 spiro atoms. The molecule has 4 aromatic rings. The number of ether oxygens (including phenoxy) is 1. The lowest BCUT2D eigenvalue weighted by Gasteiger charge is -2.19. The van der Waals surface area contributed by atoms with Gasteiger partial charge in [-0.1, -0.05) is 11.6 Å². The maximum atomic E-state index is 9.67. The van der Waals surface area contributed by atoms with Gasteiger partial charge in [0.05, 0.1) is 22.7 Å². The fourth-order valence-electron chi connectivity index (χ4n) is 3.02.